The van der Waals surface area contributed by atoms with Gasteiger partial charge in [0.25, 0.3) is 0 Å². The lowest BCUT2D eigenvalue weighted by molar-refractivity contribution is 0.366. The molecule has 1 atom stereocenters. The molecule has 1 N–H and O–H groups in total. The summed E-state index contributed by atoms with van der Waals surface area (Å²) in [6.45, 7) is 5.89. The molecule has 2 heteroatoms. The van der Waals surface area contributed by atoms with Crippen molar-refractivity contribution >= 4 is 11.8 Å². The summed E-state index contributed by atoms with van der Waals surface area (Å²) in [6.07, 6.45) is 4.06. The minimum absolute atomic E-state index is 0.560. The summed E-state index contributed by atoms with van der Waals surface area (Å²) in [5.41, 5.74) is 0.560. The van der Waals surface area contributed by atoms with Crippen LogP contribution in [0, 0.1) is 5.41 Å². The zero-order valence-electron chi connectivity index (χ0n) is 10.9. The van der Waals surface area contributed by atoms with Gasteiger partial charge in [-0.3, -0.25) is 0 Å². The molecular weight excluding hydrogens is 226 g/mol. The molecule has 1 fully saturated rings. The third-order valence-corrected chi connectivity index (χ3v) is 4.53. The molecule has 2 rings (SSSR count). The van der Waals surface area contributed by atoms with Crippen LogP contribution in [0.4, 0.5) is 0 Å². The predicted octanol–water partition coefficient (Wildman–Crippen LogP) is 3.95. The van der Waals surface area contributed by atoms with Gasteiger partial charge in [-0.2, -0.15) is 0 Å². The summed E-state index contributed by atoms with van der Waals surface area (Å²) in [7, 11) is 0. The molecule has 0 radical (unpaired) electrons. The van der Waals surface area contributed by atoms with Gasteiger partial charge < -0.3 is 5.32 Å². The van der Waals surface area contributed by atoms with E-state index in [1.54, 1.807) is 0 Å². The highest BCUT2D eigenvalue weighted by Gasteiger charge is 2.30. The first-order valence-corrected chi connectivity index (χ1v) is 7.55. The van der Waals surface area contributed by atoms with E-state index >= 15 is 0 Å². The van der Waals surface area contributed by atoms with Crippen molar-refractivity contribution < 1.29 is 0 Å². The maximum Gasteiger partial charge on any atom is 0.0106 e. The Morgan fingerprint density at radius 3 is 2.71 bits per heavy atom. The molecule has 1 aromatic rings. The Hall–Kier alpha value is -0.470. The van der Waals surface area contributed by atoms with Crippen LogP contribution in [-0.2, 0) is 0 Å². The number of rotatable bonds is 5. The van der Waals surface area contributed by atoms with Crippen molar-refractivity contribution in [1.82, 2.24) is 5.32 Å². The minimum Gasteiger partial charge on any atom is -0.313 e. The molecule has 94 valence electrons. The summed E-state index contributed by atoms with van der Waals surface area (Å²) in [6, 6.07) is 11.4. The zero-order valence-corrected chi connectivity index (χ0v) is 11.7. The molecule has 0 saturated heterocycles. The summed E-state index contributed by atoms with van der Waals surface area (Å²) in [4.78, 5) is 1.38. The van der Waals surface area contributed by atoms with E-state index in [-0.39, 0.29) is 0 Å². The summed E-state index contributed by atoms with van der Waals surface area (Å²) in [5, 5.41) is 3.69. The lowest BCUT2D eigenvalue weighted by Gasteiger charge is -2.17. The molecule has 1 aromatic carbocycles. The first-order chi connectivity index (χ1) is 8.16. The second kappa shape index (κ2) is 5.92. The van der Waals surface area contributed by atoms with Crippen molar-refractivity contribution in [3.8, 4) is 0 Å². The smallest absolute Gasteiger partial charge is 0.0106 e. The van der Waals surface area contributed by atoms with Crippen molar-refractivity contribution in [1.29, 1.82) is 0 Å². The molecule has 1 nitrogen and oxygen atoms in total. The Morgan fingerprint density at radius 1 is 1.29 bits per heavy atom. The molecule has 1 saturated carbocycles. The van der Waals surface area contributed by atoms with Crippen LogP contribution in [0.5, 0.6) is 0 Å². The Balaban J connectivity index is 1.61. The van der Waals surface area contributed by atoms with Gasteiger partial charge in [-0.1, -0.05) is 32.0 Å². The lowest BCUT2D eigenvalue weighted by atomic mass is 9.92. The Morgan fingerprint density at radius 2 is 2.06 bits per heavy atom. The topological polar surface area (TPSA) is 12.0 Å². The summed E-state index contributed by atoms with van der Waals surface area (Å²) in [5.74, 6) is 1.17. The van der Waals surface area contributed by atoms with Crippen molar-refractivity contribution in [3.63, 3.8) is 0 Å². The number of thioether (sulfide) groups is 1. The number of hydrogen-bond acceptors (Lipinski definition) is 2. The first kappa shape index (κ1) is 13.0. The summed E-state index contributed by atoms with van der Waals surface area (Å²) >= 11 is 1.94. The van der Waals surface area contributed by atoms with Gasteiger partial charge in [0.2, 0.25) is 0 Å². The van der Waals surface area contributed by atoms with Crippen LogP contribution in [0.2, 0.25) is 0 Å². The van der Waals surface area contributed by atoms with Crippen LogP contribution in [0.15, 0.2) is 35.2 Å². The van der Waals surface area contributed by atoms with Gasteiger partial charge in [-0.25, -0.2) is 0 Å². The lowest BCUT2D eigenvalue weighted by Crippen LogP contribution is -2.29. The monoisotopic (exact) mass is 249 g/mol. The van der Waals surface area contributed by atoms with E-state index in [9.17, 15) is 0 Å². The van der Waals surface area contributed by atoms with Crippen LogP contribution in [0.25, 0.3) is 0 Å². The van der Waals surface area contributed by atoms with Crippen LogP contribution >= 0.6 is 11.8 Å². The van der Waals surface area contributed by atoms with Crippen LogP contribution < -0.4 is 5.32 Å². The Kier molecular flexibility index (Phi) is 4.52. The third kappa shape index (κ3) is 4.36. The largest absolute Gasteiger partial charge is 0.313 e. The SMILES string of the molecule is CC1(C)CCC(NCCSc2ccccc2)C1. The molecular formula is C15H23NS. The maximum absolute atomic E-state index is 3.69. The third-order valence-electron chi connectivity index (χ3n) is 3.52. The fraction of sp³-hybridized carbons (Fsp3) is 0.600. The quantitative estimate of drug-likeness (QED) is 0.626. The number of hydrogen-bond donors (Lipinski definition) is 1. The average Bonchev–Trinajstić information content (AvgIpc) is 2.66. The summed E-state index contributed by atoms with van der Waals surface area (Å²) < 4.78 is 0. The Labute approximate surface area is 109 Å². The van der Waals surface area contributed by atoms with Crippen molar-refractivity contribution in [2.75, 3.05) is 12.3 Å². The molecule has 0 spiro atoms. The van der Waals surface area contributed by atoms with Crippen molar-refractivity contribution in [2.24, 2.45) is 5.41 Å². The fourth-order valence-corrected chi connectivity index (χ4v) is 3.36. The highest BCUT2D eigenvalue weighted by atomic mass is 32.2. The molecule has 0 bridgehead atoms. The van der Waals surface area contributed by atoms with E-state index in [1.807, 2.05) is 11.8 Å². The van der Waals surface area contributed by atoms with E-state index in [0.29, 0.717) is 5.41 Å². The molecule has 0 amide bonds. The van der Waals surface area contributed by atoms with Gasteiger partial charge >= 0.3 is 0 Å². The van der Waals surface area contributed by atoms with Crippen molar-refractivity contribution in [2.45, 2.75) is 44.0 Å². The molecule has 0 aromatic heterocycles. The van der Waals surface area contributed by atoms with E-state index in [2.05, 4.69) is 49.5 Å². The van der Waals surface area contributed by atoms with Gasteiger partial charge in [-0.05, 0) is 36.8 Å². The zero-order chi connectivity index (χ0) is 12.1. The van der Waals surface area contributed by atoms with E-state index in [0.717, 1.165) is 12.6 Å². The van der Waals surface area contributed by atoms with Crippen molar-refractivity contribution in [3.05, 3.63) is 30.3 Å². The van der Waals surface area contributed by atoms with Gasteiger partial charge in [0.15, 0.2) is 0 Å². The molecule has 0 heterocycles. The van der Waals surface area contributed by atoms with Crippen LogP contribution in [0.1, 0.15) is 33.1 Å². The number of benzene rings is 1. The second-order valence-corrected chi connectivity index (χ2v) is 6.89. The predicted molar refractivity (Wildman–Crippen MR) is 76.6 cm³/mol. The molecule has 1 aliphatic rings. The fourth-order valence-electron chi connectivity index (χ4n) is 2.56. The molecule has 0 aliphatic heterocycles. The first-order valence-electron chi connectivity index (χ1n) is 6.57. The molecule has 1 aliphatic carbocycles. The van der Waals surface area contributed by atoms with Gasteiger partial charge in [0.1, 0.15) is 0 Å². The average molecular weight is 249 g/mol. The highest BCUT2D eigenvalue weighted by molar-refractivity contribution is 7.99. The van der Waals surface area contributed by atoms with Crippen LogP contribution in [0.3, 0.4) is 0 Å². The van der Waals surface area contributed by atoms with E-state index in [1.165, 1.54) is 29.9 Å². The minimum atomic E-state index is 0.560. The van der Waals surface area contributed by atoms with Gasteiger partial charge in [-0.15, -0.1) is 11.8 Å². The standard InChI is InChI=1S/C15H23NS/c1-15(2)9-8-13(12-15)16-10-11-17-14-6-4-3-5-7-14/h3-7,13,16H,8-12H2,1-2H3. The normalized spacial score (nSPS) is 22.8. The van der Waals surface area contributed by atoms with Crippen LogP contribution in [-0.4, -0.2) is 18.3 Å². The van der Waals surface area contributed by atoms with E-state index in [4.69, 9.17) is 0 Å². The van der Waals surface area contributed by atoms with E-state index < -0.39 is 0 Å². The number of nitrogens with one attached hydrogen (secondary N) is 1. The highest BCUT2D eigenvalue weighted by Crippen LogP contribution is 2.36. The second-order valence-electron chi connectivity index (χ2n) is 5.72. The van der Waals surface area contributed by atoms with Gasteiger partial charge in [0.05, 0.1) is 0 Å². The molecule has 1 unspecified atom stereocenters. The molecule has 17 heavy (non-hydrogen) atoms. The Bertz CT molecular complexity index is 334. The van der Waals surface area contributed by atoms with Gasteiger partial charge in [0, 0.05) is 23.2 Å². The maximum atomic E-state index is 3.69.